The van der Waals surface area contributed by atoms with E-state index >= 15 is 0 Å². The molecule has 0 aliphatic carbocycles. The van der Waals surface area contributed by atoms with Crippen molar-refractivity contribution >= 4 is 5.91 Å². The fourth-order valence-corrected chi connectivity index (χ4v) is 7.09. The summed E-state index contributed by atoms with van der Waals surface area (Å²) in [5.41, 5.74) is 0. The average Bonchev–Trinajstić information content (AvgIpc) is 3.17. The fourth-order valence-electron chi connectivity index (χ4n) is 7.09. The number of allylic oxidation sites excluding steroid dienone is 3. The predicted molar refractivity (Wildman–Crippen MR) is 221 cm³/mol. The Bertz CT molecular complexity index is 899. The third-order valence-electron chi connectivity index (χ3n) is 10.8. The second kappa shape index (κ2) is 36.0. The van der Waals surface area contributed by atoms with Crippen LogP contribution >= 0.6 is 0 Å². The normalized spacial score (nSPS) is 21.6. The topological polar surface area (TPSA) is 149 Å². The van der Waals surface area contributed by atoms with Gasteiger partial charge in [-0.3, -0.25) is 4.79 Å². The summed E-state index contributed by atoms with van der Waals surface area (Å²) in [7, 11) is 0. The first-order valence-electron chi connectivity index (χ1n) is 22.6. The fraction of sp³-hybridized carbons (Fsp3) is 0.889. The van der Waals surface area contributed by atoms with E-state index in [-0.39, 0.29) is 12.5 Å². The van der Waals surface area contributed by atoms with Crippen molar-refractivity contribution in [2.45, 2.75) is 243 Å². The largest absolute Gasteiger partial charge is 0.394 e. The molecule has 0 spiro atoms. The summed E-state index contributed by atoms with van der Waals surface area (Å²) in [5, 5.41) is 54.1. The number of hydrogen-bond acceptors (Lipinski definition) is 8. The summed E-state index contributed by atoms with van der Waals surface area (Å²) >= 11 is 0. The van der Waals surface area contributed by atoms with Crippen molar-refractivity contribution in [3.05, 3.63) is 24.3 Å². The van der Waals surface area contributed by atoms with E-state index in [2.05, 4.69) is 31.3 Å². The first-order chi connectivity index (χ1) is 26.3. The summed E-state index contributed by atoms with van der Waals surface area (Å²) in [6.07, 6.45) is 35.0. The molecule has 0 bridgehead atoms. The number of amides is 1. The van der Waals surface area contributed by atoms with Gasteiger partial charge in [-0.05, 0) is 44.9 Å². The van der Waals surface area contributed by atoms with E-state index in [0.29, 0.717) is 6.42 Å². The second-order valence-electron chi connectivity index (χ2n) is 15.8. The number of unbranched alkanes of at least 4 members (excludes halogenated alkanes) is 25. The van der Waals surface area contributed by atoms with Gasteiger partial charge in [0.15, 0.2) is 6.29 Å². The van der Waals surface area contributed by atoms with Crippen LogP contribution in [0.2, 0.25) is 0 Å². The smallest absolute Gasteiger partial charge is 0.220 e. The van der Waals surface area contributed by atoms with Crippen molar-refractivity contribution in [2.75, 3.05) is 13.2 Å². The summed E-state index contributed by atoms with van der Waals surface area (Å²) in [5.74, 6) is -0.186. The van der Waals surface area contributed by atoms with E-state index in [4.69, 9.17) is 9.47 Å². The Hall–Kier alpha value is -1.33. The van der Waals surface area contributed by atoms with Crippen LogP contribution < -0.4 is 5.32 Å². The lowest BCUT2D eigenvalue weighted by atomic mass is 9.99. The molecule has 54 heavy (non-hydrogen) atoms. The molecule has 6 N–H and O–H groups in total. The lowest BCUT2D eigenvalue weighted by molar-refractivity contribution is -0.302. The van der Waals surface area contributed by atoms with Crippen molar-refractivity contribution in [1.82, 2.24) is 5.32 Å². The molecule has 1 amide bonds. The Morgan fingerprint density at radius 1 is 0.611 bits per heavy atom. The molecule has 9 nitrogen and oxygen atoms in total. The molecule has 1 fully saturated rings. The molecule has 0 aromatic carbocycles. The van der Waals surface area contributed by atoms with Crippen LogP contribution in [0.3, 0.4) is 0 Å². The minimum atomic E-state index is -1.56. The van der Waals surface area contributed by atoms with Crippen molar-refractivity contribution in [3.63, 3.8) is 0 Å². The molecule has 9 heteroatoms. The van der Waals surface area contributed by atoms with Crippen LogP contribution in [0, 0.1) is 0 Å². The van der Waals surface area contributed by atoms with Gasteiger partial charge in [0, 0.05) is 6.42 Å². The van der Waals surface area contributed by atoms with Crippen LogP contribution in [0.1, 0.15) is 200 Å². The number of aliphatic hydroxyl groups excluding tert-OH is 5. The summed E-state index contributed by atoms with van der Waals surface area (Å²) in [4.78, 5) is 12.9. The first-order valence-corrected chi connectivity index (χ1v) is 22.6. The minimum Gasteiger partial charge on any atom is -0.394 e. The van der Waals surface area contributed by atoms with Crippen molar-refractivity contribution in [1.29, 1.82) is 0 Å². The molecule has 7 atom stereocenters. The maximum Gasteiger partial charge on any atom is 0.220 e. The maximum absolute atomic E-state index is 12.9. The Kier molecular flexibility index (Phi) is 33.8. The highest BCUT2D eigenvalue weighted by molar-refractivity contribution is 5.76. The Morgan fingerprint density at radius 3 is 1.50 bits per heavy atom. The van der Waals surface area contributed by atoms with Gasteiger partial charge in [0.1, 0.15) is 24.4 Å². The molecule has 7 unspecified atom stereocenters. The van der Waals surface area contributed by atoms with Crippen LogP contribution in [-0.2, 0) is 14.3 Å². The number of ether oxygens (including phenoxy) is 2. The Morgan fingerprint density at radius 2 is 1.04 bits per heavy atom. The van der Waals surface area contributed by atoms with E-state index in [1.54, 1.807) is 6.08 Å². The lowest BCUT2D eigenvalue weighted by Gasteiger charge is -2.40. The SMILES string of the molecule is CCCCCCCCCCC/C=C\CCCCCCCC(=O)NC(COC1OC(CO)C(O)C(O)C1O)C(O)/C=C/CCCCCCCCCCCCC. The van der Waals surface area contributed by atoms with Crippen LogP contribution in [0.15, 0.2) is 24.3 Å². The monoisotopic (exact) mass is 768 g/mol. The van der Waals surface area contributed by atoms with E-state index in [0.717, 1.165) is 57.8 Å². The molecule has 318 valence electrons. The molecular formula is C45H85NO8. The number of aliphatic hydroxyl groups is 5. The highest BCUT2D eigenvalue weighted by Gasteiger charge is 2.44. The molecule has 0 radical (unpaired) electrons. The Balaban J connectivity index is 2.36. The first kappa shape index (κ1) is 50.7. The van der Waals surface area contributed by atoms with Gasteiger partial charge in [-0.2, -0.15) is 0 Å². The molecular weight excluding hydrogens is 682 g/mol. The van der Waals surface area contributed by atoms with Gasteiger partial charge < -0.3 is 40.3 Å². The van der Waals surface area contributed by atoms with Crippen molar-refractivity contribution < 1.29 is 39.8 Å². The lowest BCUT2D eigenvalue weighted by Crippen LogP contribution is -2.60. The van der Waals surface area contributed by atoms with Gasteiger partial charge in [-0.1, -0.05) is 173 Å². The van der Waals surface area contributed by atoms with Crippen LogP contribution in [0.25, 0.3) is 0 Å². The van der Waals surface area contributed by atoms with Crippen LogP contribution in [-0.4, -0.2) is 87.5 Å². The maximum atomic E-state index is 12.9. The molecule has 0 saturated carbocycles. The third-order valence-corrected chi connectivity index (χ3v) is 10.8. The third kappa shape index (κ3) is 26.5. The molecule has 1 heterocycles. The van der Waals surface area contributed by atoms with E-state index in [1.807, 2.05) is 6.08 Å². The standard InChI is InChI=1S/C45H85NO8/c1-3-5-7-9-11-13-15-17-18-19-20-21-23-25-27-29-31-33-35-41(49)46-38(37-53-45-44(52)43(51)42(50)40(36-47)54-45)39(48)34-32-30-28-26-24-22-16-14-12-10-8-6-4-2/h20-21,32,34,38-40,42-45,47-48,50-52H,3-19,22-31,33,35-37H2,1-2H3,(H,46,49)/b21-20-,34-32+. The average molecular weight is 768 g/mol. The second-order valence-corrected chi connectivity index (χ2v) is 15.8. The van der Waals surface area contributed by atoms with Crippen LogP contribution in [0.4, 0.5) is 0 Å². The quantitative estimate of drug-likeness (QED) is 0.0271. The Labute approximate surface area is 330 Å². The van der Waals surface area contributed by atoms with Gasteiger partial charge in [-0.25, -0.2) is 0 Å². The van der Waals surface area contributed by atoms with E-state index in [9.17, 15) is 30.3 Å². The summed E-state index contributed by atoms with van der Waals surface area (Å²) < 4.78 is 11.2. The van der Waals surface area contributed by atoms with Crippen molar-refractivity contribution in [2.24, 2.45) is 0 Å². The van der Waals surface area contributed by atoms with Gasteiger partial charge in [0.05, 0.1) is 25.4 Å². The van der Waals surface area contributed by atoms with Gasteiger partial charge >= 0.3 is 0 Å². The predicted octanol–water partition coefficient (Wildman–Crippen LogP) is 9.11. The molecule has 0 aromatic rings. The zero-order valence-corrected chi connectivity index (χ0v) is 34.7. The summed E-state index contributed by atoms with van der Waals surface area (Å²) in [6.45, 7) is 3.76. The number of carbonyl (C=O) groups is 1. The number of rotatable bonds is 37. The minimum absolute atomic E-state index is 0.186. The number of nitrogens with one attached hydrogen (secondary N) is 1. The number of hydrogen-bond donors (Lipinski definition) is 6. The van der Waals surface area contributed by atoms with E-state index < -0.39 is 49.5 Å². The van der Waals surface area contributed by atoms with Crippen molar-refractivity contribution in [3.8, 4) is 0 Å². The van der Waals surface area contributed by atoms with Crippen LogP contribution in [0.5, 0.6) is 0 Å². The molecule has 1 rings (SSSR count). The van der Waals surface area contributed by atoms with Gasteiger partial charge in [-0.15, -0.1) is 0 Å². The zero-order chi connectivity index (χ0) is 39.5. The summed E-state index contributed by atoms with van der Waals surface area (Å²) in [6, 6.07) is -0.805. The zero-order valence-electron chi connectivity index (χ0n) is 34.7. The van der Waals surface area contributed by atoms with Gasteiger partial charge in [0.25, 0.3) is 0 Å². The molecule has 0 aromatic heterocycles. The van der Waals surface area contributed by atoms with E-state index in [1.165, 1.54) is 122 Å². The number of carbonyl (C=O) groups excluding carboxylic acids is 1. The molecule has 1 saturated heterocycles. The molecule has 1 aliphatic rings. The highest BCUT2D eigenvalue weighted by atomic mass is 16.7. The molecule has 1 aliphatic heterocycles. The van der Waals surface area contributed by atoms with Gasteiger partial charge in [0.2, 0.25) is 5.91 Å². The highest BCUT2D eigenvalue weighted by Crippen LogP contribution is 2.22.